The topological polar surface area (TPSA) is 0 Å². The van der Waals surface area contributed by atoms with E-state index in [9.17, 15) is 0 Å². The highest BCUT2D eigenvalue weighted by atomic mass is 127. The van der Waals surface area contributed by atoms with Crippen LogP contribution in [0.1, 0.15) is 10.4 Å². The zero-order valence-corrected chi connectivity index (χ0v) is 10.2. The fraction of sp³-hybridized carbons (Fsp3) is 0. The second-order valence-electron chi connectivity index (χ2n) is 3.13. The van der Waals surface area contributed by atoms with Gasteiger partial charge in [0, 0.05) is 28.0 Å². The number of thiophene rings is 1. The number of hydrogen-bond acceptors (Lipinski definition) is 1. The molecule has 0 aliphatic heterocycles. The predicted molar refractivity (Wildman–Crippen MR) is 71.5 cm³/mol. The SMILES string of the molecule is IC1=[C+]C=Cc2c1sc1ccccc21. The van der Waals surface area contributed by atoms with E-state index < -0.39 is 0 Å². The average molecular weight is 309 g/mol. The van der Waals surface area contributed by atoms with Gasteiger partial charge in [-0.25, -0.2) is 0 Å². The Labute approximate surface area is 100 Å². The number of allylic oxidation sites excluding steroid dienone is 2. The molecule has 0 N–H and O–H groups in total. The summed E-state index contributed by atoms with van der Waals surface area (Å²) in [6.07, 6.45) is 7.38. The molecule has 1 aliphatic rings. The summed E-state index contributed by atoms with van der Waals surface area (Å²) in [5.74, 6) is 0. The second-order valence-corrected chi connectivity index (χ2v) is 5.26. The third-order valence-electron chi connectivity index (χ3n) is 2.29. The highest BCUT2D eigenvalue weighted by Gasteiger charge is 2.22. The van der Waals surface area contributed by atoms with Crippen LogP contribution in [0.3, 0.4) is 0 Å². The van der Waals surface area contributed by atoms with Gasteiger partial charge < -0.3 is 0 Å². The van der Waals surface area contributed by atoms with Gasteiger partial charge in [0.25, 0.3) is 0 Å². The first-order valence-electron chi connectivity index (χ1n) is 4.34. The number of hydrogen-bond donors (Lipinski definition) is 0. The zero-order valence-electron chi connectivity index (χ0n) is 7.25. The Kier molecular flexibility index (Phi) is 1.94. The van der Waals surface area contributed by atoms with E-state index in [1.54, 1.807) is 0 Å². The average Bonchev–Trinajstić information content (AvgIpc) is 2.59. The molecule has 0 saturated heterocycles. The van der Waals surface area contributed by atoms with Crippen molar-refractivity contribution in [2.24, 2.45) is 0 Å². The van der Waals surface area contributed by atoms with E-state index in [2.05, 4.69) is 59.0 Å². The Morgan fingerprint density at radius 2 is 2.07 bits per heavy atom. The monoisotopic (exact) mass is 309 g/mol. The van der Waals surface area contributed by atoms with Crippen molar-refractivity contribution in [1.29, 1.82) is 0 Å². The number of benzene rings is 1. The number of fused-ring (bicyclic) bond motifs is 3. The van der Waals surface area contributed by atoms with Gasteiger partial charge in [-0.3, -0.25) is 0 Å². The molecule has 0 bridgehead atoms. The van der Waals surface area contributed by atoms with Crippen LogP contribution in [-0.2, 0) is 0 Å². The molecule has 2 heteroatoms. The summed E-state index contributed by atoms with van der Waals surface area (Å²) in [6.45, 7) is 0. The lowest BCUT2D eigenvalue weighted by Gasteiger charge is -1.91. The van der Waals surface area contributed by atoms with Crippen LogP contribution in [0.4, 0.5) is 0 Å². The summed E-state index contributed by atoms with van der Waals surface area (Å²) in [5.41, 5.74) is 1.36. The first kappa shape index (κ1) is 8.60. The summed E-state index contributed by atoms with van der Waals surface area (Å²) in [4.78, 5) is 1.36. The molecule has 0 spiro atoms. The summed E-state index contributed by atoms with van der Waals surface area (Å²) in [7, 11) is 0. The van der Waals surface area contributed by atoms with Crippen molar-refractivity contribution in [3.63, 3.8) is 0 Å². The first-order valence-corrected chi connectivity index (χ1v) is 6.23. The van der Waals surface area contributed by atoms with Gasteiger partial charge in [0.2, 0.25) is 0 Å². The largest absolute Gasteiger partial charge is 0.194 e. The number of halogens is 1. The lowest BCUT2D eigenvalue weighted by atomic mass is 10.1. The van der Waals surface area contributed by atoms with E-state index in [0.29, 0.717) is 0 Å². The molecule has 2 aromatic rings. The zero-order chi connectivity index (χ0) is 9.54. The molecule has 66 valence electrons. The van der Waals surface area contributed by atoms with Crippen LogP contribution in [0.15, 0.2) is 30.3 Å². The maximum Gasteiger partial charge on any atom is 0.194 e. The molecule has 1 aliphatic carbocycles. The van der Waals surface area contributed by atoms with Gasteiger partial charge in [-0.2, -0.15) is 0 Å². The second kappa shape index (κ2) is 3.16. The van der Waals surface area contributed by atoms with Gasteiger partial charge in [-0.1, -0.05) is 29.5 Å². The highest BCUT2D eigenvalue weighted by molar-refractivity contribution is 14.1. The molecule has 0 amide bonds. The van der Waals surface area contributed by atoms with Crippen LogP contribution in [0.5, 0.6) is 0 Å². The smallest absolute Gasteiger partial charge is 0.0638 e. The minimum absolute atomic E-state index is 1.22. The standard InChI is InChI=1S/C12H6IS/c13-10-6-3-5-9-8-4-1-2-7-11(8)14-12(9)10/h1-5,7H/q+1. The van der Waals surface area contributed by atoms with E-state index in [1.807, 2.05) is 17.4 Å². The molecule has 14 heavy (non-hydrogen) atoms. The summed E-state index contributed by atoms with van der Waals surface area (Å²) >= 11 is 4.20. The van der Waals surface area contributed by atoms with Crippen LogP contribution < -0.4 is 0 Å². The Balaban J connectivity index is 2.46. The summed E-state index contributed by atoms with van der Waals surface area (Å²) < 4.78 is 2.58. The van der Waals surface area contributed by atoms with Crippen molar-refractivity contribution < 1.29 is 0 Å². The Bertz CT molecular complexity index is 561. The maximum absolute atomic E-state index is 3.23. The van der Waals surface area contributed by atoms with E-state index in [0.717, 1.165) is 0 Å². The van der Waals surface area contributed by atoms with Gasteiger partial charge in [-0.15, -0.1) is 0 Å². The van der Waals surface area contributed by atoms with Gasteiger partial charge in [0.05, 0.1) is 16.9 Å². The molecular weight excluding hydrogens is 303 g/mol. The fourth-order valence-corrected chi connectivity index (χ4v) is 3.55. The van der Waals surface area contributed by atoms with Crippen molar-refractivity contribution in [2.45, 2.75) is 0 Å². The van der Waals surface area contributed by atoms with Crippen LogP contribution in [0.2, 0.25) is 0 Å². The van der Waals surface area contributed by atoms with Gasteiger partial charge in [-0.05, 0) is 6.07 Å². The van der Waals surface area contributed by atoms with Crippen molar-refractivity contribution in [2.75, 3.05) is 0 Å². The van der Waals surface area contributed by atoms with Crippen LogP contribution in [-0.4, -0.2) is 0 Å². The Morgan fingerprint density at radius 1 is 1.21 bits per heavy atom. The highest BCUT2D eigenvalue weighted by Crippen LogP contribution is 2.40. The molecule has 3 rings (SSSR count). The van der Waals surface area contributed by atoms with Gasteiger partial charge >= 0.3 is 0 Å². The fourth-order valence-electron chi connectivity index (χ4n) is 1.66. The maximum atomic E-state index is 3.23. The molecule has 1 aromatic carbocycles. The lowest BCUT2D eigenvalue weighted by Crippen LogP contribution is -1.80. The van der Waals surface area contributed by atoms with Gasteiger partial charge in [0.1, 0.15) is 11.6 Å². The minimum Gasteiger partial charge on any atom is -0.0638 e. The summed E-state index contributed by atoms with van der Waals surface area (Å²) in [6, 6.07) is 8.55. The molecule has 0 unspecified atom stereocenters. The minimum atomic E-state index is 1.22. The lowest BCUT2D eigenvalue weighted by molar-refractivity contribution is 1.77. The van der Waals surface area contributed by atoms with Crippen LogP contribution >= 0.6 is 33.9 Å². The Hall–Kier alpha value is -0.700. The molecule has 0 radical (unpaired) electrons. The van der Waals surface area contributed by atoms with E-state index in [-0.39, 0.29) is 0 Å². The van der Waals surface area contributed by atoms with Gasteiger partial charge in [0.15, 0.2) is 8.46 Å². The third-order valence-corrected chi connectivity index (χ3v) is 4.71. The molecular formula is C12H6IS+. The first-order chi connectivity index (χ1) is 6.86. The molecule has 0 nitrogen and oxygen atoms in total. The van der Waals surface area contributed by atoms with Crippen molar-refractivity contribution in [3.05, 3.63) is 46.9 Å². The summed E-state index contributed by atoms with van der Waals surface area (Å²) in [5, 5.41) is 1.36. The Morgan fingerprint density at radius 3 is 3.00 bits per heavy atom. The number of rotatable bonds is 0. The third kappa shape index (κ3) is 1.15. The van der Waals surface area contributed by atoms with Crippen molar-refractivity contribution in [3.8, 4) is 0 Å². The van der Waals surface area contributed by atoms with Crippen molar-refractivity contribution >= 4 is 53.7 Å². The van der Waals surface area contributed by atoms with Crippen LogP contribution in [0.25, 0.3) is 19.7 Å². The quantitative estimate of drug-likeness (QED) is 0.496. The van der Waals surface area contributed by atoms with Crippen molar-refractivity contribution in [1.82, 2.24) is 0 Å². The van der Waals surface area contributed by atoms with E-state index in [4.69, 9.17) is 0 Å². The molecule has 1 heterocycles. The molecule has 0 saturated carbocycles. The molecule has 1 aromatic heterocycles. The normalized spacial score (nSPS) is 13.6. The van der Waals surface area contributed by atoms with Crippen LogP contribution in [0, 0.1) is 6.08 Å². The van der Waals surface area contributed by atoms with E-state index >= 15 is 0 Å². The van der Waals surface area contributed by atoms with E-state index in [1.165, 1.54) is 24.1 Å². The molecule has 0 fully saturated rings. The predicted octanol–water partition coefficient (Wildman–Crippen LogP) is 4.51. The molecule has 0 atom stereocenters.